The Kier molecular flexibility index (Phi) is 4.29. The van der Waals surface area contributed by atoms with Crippen LogP contribution in [0.2, 0.25) is 0 Å². The summed E-state index contributed by atoms with van der Waals surface area (Å²) in [6, 6.07) is 14.8. The van der Waals surface area contributed by atoms with Gasteiger partial charge in [0.15, 0.2) is 0 Å². The molecule has 2 aromatic rings. The molecule has 21 heavy (non-hydrogen) atoms. The van der Waals surface area contributed by atoms with Crippen LogP contribution in [-0.2, 0) is 16.6 Å². The topological polar surface area (TPSA) is 89.3 Å². The Morgan fingerprint density at radius 2 is 1.90 bits per heavy atom. The van der Waals surface area contributed by atoms with Crippen molar-refractivity contribution in [1.82, 2.24) is 0 Å². The number of aliphatic carboxylic acids is 1. The normalized spacial score (nSPS) is 13.6. The number of hydrogen-bond donors (Lipinski definition) is 3. The van der Waals surface area contributed by atoms with E-state index in [2.05, 4.69) is 0 Å². The van der Waals surface area contributed by atoms with Gasteiger partial charge in [0.25, 0.3) is 0 Å². The highest BCUT2D eigenvalue weighted by atomic mass is 16.4. The molecule has 5 N–H and O–H groups in total. The lowest BCUT2D eigenvalue weighted by atomic mass is 9.75. The monoisotopic (exact) mass is 284 g/mol. The van der Waals surface area contributed by atoms with E-state index in [4.69, 9.17) is 11.5 Å². The summed E-state index contributed by atoms with van der Waals surface area (Å²) in [6.45, 7) is 1.97. The molecule has 0 aromatic heterocycles. The van der Waals surface area contributed by atoms with E-state index in [0.717, 1.165) is 16.7 Å². The second kappa shape index (κ2) is 5.97. The molecule has 110 valence electrons. The van der Waals surface area contributed by atoms with Crippen LogP contribution < -0.4 is 11.5 Å². The largest absolute Gasteiger partial charge is 0.481 e. The van der Waals surface area contributed by atoms with Crippen molar-refractivity contribution in [3.63, 3.8) is 0 Å². The maximum absolute atomic E-state index is 11.9. The zero-order chi connectivity index (χ0) is 15.5. The Morgan fingerprint density at radius 3 is 2.48 bits per heavy atom. The first-order chi connectivity index (χ1) is 9.98. The number of carboxylic acid groups (broad SMARTS) is 1. The van der Waals surface area contributed by atoms with Crippen LogP contribution in [0, 0.1) is 6.92 Å². The van der Waals surface area contributed by atoms with Crippen LogP contribution in [0.5, 0.6) is 0 Å². The zero-order valence-electron chi connectivity index (χ0n) is 12.0. The Balaban J connectivity index is 2.49. The number of benzene rings is 2. The van der Waals surface area contributed by atoms with Crippen molar-refractivity contribution in [3.05, 3.63) is 65.2 Å². The van der Waals surface area contributed by atoms with Crippen molar-refractivity contribution in [2.75, 3.05) is 12.3 Å². The summed E-state index contributed by atoms with van der Waals surface area (Å²) in [5.41, 5.74) is 13.7. The predicted octanol–water partition coefficient (Wildman–Crippen LogP) is 2.10. The number of carbonyl (C=O) groups is 1. The molecule has 2 rings (SSSR count). The van der Waals surface area contributed by atoms with E-state index >= 15 is 0 Å². The van der Waals surface area contributed by atoms with Gasteiger partial charge in [-0.05, 0) is 36.6 Å². The molecule has 4 heteroatoms. The first-order valence-electron chi connectivity index (χ1n) is 6.83. The maximum Gasteiger partial charge on any atom is 0.315 e. The van der Waals surface area contributed by atoms with Gasteiger partial charge in [0.1, 0.15) is 5.41 Å². The summed E-state index contributed by atoms with van der Waals surface area (Å²) in [5.74, 6) is -0.918. The van der Waals surface area contributed by atoms with Gasteiger partial charge >= 0.3 is 5.97 Å². The summed E-state index contributed by atoms with van der Waals surface area (Å²) in [6.07, 6.45) is 0.313. The van der Waals surface area contributed by atoms with Gasteiger partial charge < -0.3 is 16.6 Å². The molecule has 0 radical (unpaired) electrons. The van der Waals surface area contributed by atoms with Crippen LogP contribution in [0.1, 0.15) is 16.7 Å². The second-order valence-corrected chi connectivity index (χ2v) is 5.38. The Labute approximate surface area is 124 Å². The molecule has 2 aromatic carbocycles. The number of carboxylic acids is 1. The molecule has 0 aliphatic rings. The van der Waals surface area contributed by atoms with Crippen molar-refractivity contribution in [2.24, 2.45) is 5.73 Å². The van der Waals surface area contributed by atoms with Gasteiger partial charge in [-0.2, -0.15) is 0 Å². The molecule has 0 amide bonds. The number of nitrogen functional groups attached to an aromatic ring is 1. The first kappa shape index (κ1) is 15.1. The third kappa shape index (κ3) is 3.06. The van der Waals surface area contributed by atoms with Crippen molar-refractivity contribution >= 4 is 11.7 Å². The average molecular weight is 284 g/mol. The number of rotatable bonds is 5. The fraction of sp³-hybridized carbons (Fsp3) is 0.235. The summed E-state index contributed by atoms with van der Waals surface area (Å²) >= 11 is 0. The molecule has 0 aliphatic heterocycles. The molecule has 0 bridgehead atoms. The van der Waals surface area contributed by atoms with E-state index < -0.39 is 11.4 Å². The van der Waals surface area contributed by atoms with Crippen molar-refractivity contribution < 1.29 is 9.90 Å². The number of hydrogen-bond acceptors (Lipinski definition) is 3. The molecular formula is C17H20N2O2. The van der Waals surface area contributed by atoms with Crippen molar-refractivity contribution in [2.45, 2.75) is 18.8 Å². The van der Waals surface area contributed by atoms with E-state index in [-0.39, 0.29) is 6.54 Å². The van der Waals surface area contributed by atoms with Crippen LogP contribution >= 0.6 is 0 Å². The molecule has 0 saturated carbocycles. The Bertz CT molecular complexity index is 655. The van der Waals surface area contributed by atoms with Gasteiger partial charge in [-0.1, -0.05) is 42.0 Å². The summed E-state index contributed by atoms with van der Waals surface area (Å²) in [5, 5.41) is 9.79. The van der Waals surface area contributed by atoms with E-state index in [9.17, 15) is 9.90 Å². The van der Waals surface area contributed by atoms with Crippen LogP contribution in [0.4, 0.5) is 5.69 Å². The Morgan fingerprint density at radius 1 is 1.19 bits per heavy atom. The zero-order valence-corrected chi connectivity index (χ0v) is 12.0. The highest BCUT2D eigenvalue weighted by molar-refractivity contribution is 5.82. The lowest BCUT2D eigenvalue weighted by molar-refractivity contribution is -0.143. The van der Waals surface area contributed by atoms with Gasteiger partial charge in [-0.3, -0.25) is 4.79 Å². The van der Waals surface area contributed by atoms with Crippen LogP contribution in [0.3, 0.4) is 0 Å². The first-order valence-corrected chi connectivity index (χ1v) is 6.83. The van der Waals surface area contributed by atoms with Gasteiger partial charge in [0, 0.05) is 12.2 Å². The smallest absolute Gasteiger partial charge is 0.315 e. The molecule has 4 nitrogen and oxygen atoms in total. The quantitative estimate of drug-likeness (QED) is 0.733. The molecule has 0 aliphatic carbocycles. The Hall–Kier alpha value is -2.33. The highest BCUT2D eigenvalue weighted by Gasteiger charge is 2.39. The maximum atomic E-state index is 11.9. The van der Waals surface area contributed by atoms with Crippen LogP contribution in [-0.4, -0.2) is 17.6 Å². The van der Waals surface area contributed by atoms with Crippen molar-refractivity contribution in [3.8, 4) is 0 Å². The van der Waals surface area contributed by atoms with E-state index in [0.29, 0.717) is 12.1 Å². The fourth-order valence-corrected chi connectivity index (χ4v) is 2.57. The average Bonchev–Trinajstić information content (AvgIpc) is 2.44. The molecule has 0 spiro atoms. The molecule has 0 saturated heterocycles. The predicted molar refractivity (Wildman–Crippen MR) is 84.1 cm³/mol. The molecule has 1 unspecified atom stereocenters. The molecular weight excluding hydrogens is 264 g/mol. The summed E-state index contributed by atoms with van der Waals surface area (Å²) in [7, 11) is 0. The van der Waals surface area contributed by atoms with Gasteiger partial charge in [0.05, 0.1) is 0 Å². The fourth-order valence-electron chi connectivity index (χ4n) is 2.57. The minimum atomic E-state index is -1.14. The third-order valence-electron chi connectivity index (χ3n) is 3.79. The number of nitrogens with two attached hydrogens (primary N) is 2. The van der Waals surface area contributed by atoms with Crippen LogP contribution in [0.25, 0.3) is 0 Å². The highest BCUT2D eigenvalue weighted by Crippen LogP contribution is 2.29. The van der Waals surface area contributed by atoms with Gasteiger partial charge in [-0.15, -0.1) is 0 Å². The van der Waals surface area contributed by atoms with Crippen LogP contribution in [0.15, 0.2) is 48.5 Å². The van der Waals surface area contributed by atoms with E-state index in [1.54, 1.807) is 12.1 Å². The SMILES string of the molecule is Cc1cccc(C(CN)(Cc2cccc(N)c2)C(=O)O)c1. The standard InChI is InChI=1S/C17H20N2O2/c1-12-4-2-6-14(8-12)17(11-18,16(20)21)10-13-5-3-7-15(19)9-13/h2-9H,10-11,18-19H2,1H3,(H,20,21). The second-order valence-electron chi connectivity index (χ2n) is 5.38. The molecule has 1 atom stereocenters. The minimum Gasteiger partial charge on any atom is -0.481 e. The number of aryl methyl sites for hydroxylation is 1. The number of anilines is 1. The summed E-state index contributed by atoms with van der Waals surface area (Å²) < 4.78 is 0. The van der Waals surface area contributed by atoms with Gasteiger partial charge in [0.2, 0.25) is 0 Å². The third-order valence-corrected chi connectivity index (χ3v) is 3.79. The van der Waals surface area contributed by atoms with E-state index in [1.807, 2.05) is 43.3 Å². The summed E-state index contributed by atoms with van der Waals surface area (Å²) in [4.78, 5) is 11.9. The van der Waals surface area contributed by atoms with Gasteiger partial charge in [-0.25, -0.2) is 0 Å². The van der Waals surface area contributed by atoms with E-state index in [1.165, 1.54) is 0 Å². The van der Waals surface area contributed by atoms with Crippen molar-refractivity contribution in [1.29, 1.82) is 0 Å². The lowest BCUT2D eigenvalue weighted by Gasteiger charge is -2.29. The minimum absolute atomic E-state index is 0.0284. The molecule has 0 fully saturated rings. The lowest BCUT2D eigenvalue weighted by Crippen LogP contribution is -2.45. The molecule has 0 heterocycles.